The molecular weight excluding hydrogens is 182 g/mol. The molecule has 0 amide bonds. The average Bonchev–Trinajstić information content (AvgIpc) is 2.10. The van der Waals surface area contributed by atoms with Crippen molar-refractivity contribution in [3.05, 3.63) is 0 Å². The molecule has 1 heteroatoms. The van der Waals surface area contributed by atoms with Gasteiger partial charge >= 0.3 is 0 Å². The number of nitrogens with one attached hydrogen (secondary N) is 1. The predicted octanol–water partition coefficient (Wildman–Crippen LogP) is 3.84. The van der Waals surface area contributed by atoms with E-state index in [-0.39, 0.29) is 5.54 Å². The average molecular weight is 211 g/mol. The lowest BCUT2D eigenvalue weighted by Gasteiger charge is -2.43. The normalized spacial score (nSPS) is 26.8. The molecule has 0 aromatic rings. The molecule has 0 aromatic carbocycles. The second-order valence-electron chi connectivity index (χ2n) is 6.21. The van der Waals surface area contributed by atoms with E-state index in [1.165, 1.54) is 32.2 Å². The summed E-state index contributed by atoms with van der Waals surface area (Å²) >= 11 is 0. The molecule has 1 saturated carbocycles. The summed E-state index contributed by atoms with van der Waals surface area (Å²) in [4.78, 5) is 0. The Kier molecular flexibility index (Phi) is 4.64. The first kappa shape index (κ1) is 13.0. The van der Waals surface area contributed by atoms with Crippen molar-refractivity contribution < 1.29 is 0 Å². The lowest BCUT2D eigenvalue weighted by molar-refractivity contribution is 0.0908. The van der Waals surface area contributed by atoms with Crippen LogP contribution in [-0.2, 0) is 0 Å². The summed E-state index contributed by atoms with van der Waals surface area (Å²) in [5, 5.41) is 3.66. The molecule has 0 spiro atoms. The van der Waals surface area contributed by atoms with Crippen molar-refractivity contribution in [3.63, 3.8) is 0 Å². The minimum atomic E-state index is 0.286. The van der Waals surface area contributed by atoms with Crippen LogP contribution in [0.25, 0.3) is 0 Å². The summed E-state index contributed by atoms with van der Waals surface area (Å²) in [6.45, 7) is 12.7. The molecule has 1 rings (SSSR count). The number of hydrogen-bond donors (Lipinski definition) is 1. The zero-order valence-electron chi connectivity index (χ0n) is 11.3. The van der Waals surface area contributed by atoms with E-state index in [0.29, 0.717) is 0 Å². The van der Waals surface area contributed by atoms with Crippen LogP contribution in [-0.4, -0.2) is 12.1 Å². The Morgan fingerprint density at radius 1 is 1.13 bits per heavy atom. The van der Waals surface area contributed by atoms with Gasteiger partial charge in [0.15, 0.2) is 0 Å². The van der Waals surface area contributed by atoms with E-state index in [1.807, 2.05) is 0 Å². The highest BCUT2D eigenvalue weighted by Gasteiger charge is 2.35. The second-order valence-corrected chi connectivity index (χ2v) is 6.21. The van der Waals surface area contributed by atoms with Gasteiger partial charge in [-0.25, -0.2) is 0 Å². The van der Waals surface area contributed by atoms with Gasteiger partial charge in [0.25, 0.3) is 0 Å². The molecule has 1 fully saturated rings. The monoisotopic (exact) mass is 211 g/mol. The van der Waals surface area contributed by atoms with Crippen molar-refractivity contribution in [2.24, 2.45) is 17.8 Å². The quantitative estimate of drug-likeness (QED) is 0.728. The van der Waals surface area contributed by atoms with E-state index in [2.05, 4.69) is 39.9 Å². The van der Waals surface area contributed by atoms with Crippen LogP contribution in [0.1, 0.15) is 60.3 Å². The third kappa shape index (κ3) is 3.79. The summed E-state index contributed by atoms with van der Waals surface area (Å²) in [5.74, 6) is 2.94. The molecule has 1 nitrogen and oxygen atoms in total. The Morgan fingerprint density at radius 2 is 1.73 bits per heavy atom. The van der Waals surface area contributed by atoms with E-state index in [1.54, 1.807) is 0 Å². The van der Waals surface area contributed by atoms with Crippen LogP contribution in [0.15, 0.2) is 0 Å². The molecule has 15 heavy (non-hydrogen) atoms. The van der Waals surface area contributed by atoms with Crippen LogP contribution in [0.4, 0.5) is 0 Å². The fourth-order valence-electron chi connectivity index (χ4n) is 2.80. The molecule has 2 atom stereocenters. The van der Waals surface area contributed by atoms with Crippen molar-refractivity contribution in [2.75, 3.05) is 6.54 Å². The molecular formula is C14H29N. The summed E-state index contributed by atoms with van der Waals surface area (Å²) in [7, 11) is 0. The number of rotatable bonds is 5. The Bertz CT molecular complexity index is 176. The van der Waals surface area contributed by atoms with Crippen molar-refractivity contribution in [2.45, 2.75) is 65.8 Å². The van der Waals surface area contributed by atoms with Gasteiger partial charge < -0.3 is 5.32 Å². The molecule has 0 aliphatic heterocycles. The maximum atomic E-state index is 3.66. The Balaban J connectivity index is 2.32. The standard InChI is InChI=1S/C14H29N/c1-6-11(7-2)13-9-8-12(13)10-15-14(3,4)5/h11-13,15H,6-10H2,1-5H3. The minimum Gasteiger partial charge on any atom is -0.312 e. The molecule has 1 aliphatic rings. The molecule has 0 radical (unpaired) electrons. The van der Waals surface area contributed by atoms with Gasteiger partial charge in [0, 0.05) is 5.54 Å². The lowest BCUT2D eigenvalue weighted by atomic mass is 9.65. The first-order valence-corrected chi connectivity index (χ1v) is 6.73. The van der Waals surface area contributed by atoms with Crippen molar-refractivity contribution in [1.29, 1.82) is 0 Å². The fourth-order valence-corrected chi connectivity index (χ4v) is 2.80. The molecule has 1 aliphatic carbocycles. The SMILES string of the molecule is CCC(CC)C1CCC1CNC(C)(C)C. The molecule has 0 heterocycles. The Hall–Kier alpha value is -0.0400. The minimum absolute atomic E-state index is 0.286. The van der Waals surface area contributed by atoms with Gasteiger partial charge in [0.2, 0.25) is 0 Å². The van der Waals surface area contributed by atoms with Crippen LogP contribution in [0, 0.1) is 17.8 Å². The van der Waals surface area contributed by atoms with Crippen LogP contribution in [0.2, 0.25) is 0 Å². The lowest BCUT2D eigenvalue weighted by Crippen LogP contribution is -2.45. The first-order chi connectivity index (χ1) is 6.98. The summed E-state index contributed by atoms with van der Waals surface area (Å²) in [6, 6.07) is 0. The Morgan fingerprint density at radius 3 is 2.07 bits per heavy atom. The zero-order chi connectivity index (χ0) is 11.5. The summed E-state index contributed by atoms with van der Waals surface area (Å²) in [6.07, 6.45) is 5.66. The van der Waals surface area contributed by atoms with Gasteiger partial charge in [0.05, 0.1) is 0 Å². The van der Waals surface area contributed by atoms with Crippen LogP contribution >= 0.6 is 0 Å². The maximum absolute atomic E-state index is 3.66. The van der Waals surface area contributed by atoms with Crippen molar-refractivity contribution >= 4 is 0 Å². The van der Waals surface area contributed by atoms with Gasteiger partial charge in [-0.1, -0.05) is 26.7 Å². The molecule has 1 N–H and O–H groups in total. The van der Waals surface area contributed by atoms with Crippen LogP contribution in [0.5, 0.6) is 0 Å². The highest BCUT2D eigenvalue weighted by molar-refractivity contribution is 4.87. The largest absolute Gasteiger partial charge is 0.312 e. The van der Waals surface area contributed by atoms with Gasteiger partial charge in [-0.2, -0.15) is 0 Å². The third-order valence-electron chi connectivity index (χ3n) is 4.03. The van der Waals surface area contributed by atoms with Crippen LogP contribution < -0.4 is 5.32 Å². The van der Waals surface area contributed by atoms with Gasteiger partial charge in [-0.3, -0.25) is 0 Å². The number of hydrogen-bond acceptors (Lipinski definition) is 1. The zero-order valence-corrected chi connectivity index (χ0v) is 11.3. The van der Waals surface area contributed by atoms with E-state index in [0.717, 1.165) is 17.8 Å². The molecule has 0 saturated heterocycles. The molecule has 0 bridgehead atoms. The summed E-state index contributed by atoms with van der Waals surface area (Å²) in [5.41, 5.74) is 0.286. The van der Waals surface area contributed by atoms with E-state index in [9.17, 15) is 0 Å². The molecule has 90 valence electrons. The highest BCUT2D eigenvalue weighted by atomic mass is 14.9. The van der Waals surface area contributed by atoms with E-state index >= 15 is 0 Å². The van der Waals surface area contributed by atoms with Crippen molar-refractivity contribution in [3.8, 4) is 0 Å². The van der Waals surface area contributed by atoms with Crippen LogP contribution in [0.3, 0.4) is 0 Å². The predicted molar refractivity (Wildman–Crippen MR) is 68.0 cm³/mol. The third-order valence-corrected chi connectivity index (χ3v) is 4.03. The van der Waals surface area contributed by atoms with Gasteiger partial charge in [-0.15, -0.1) is 0 Å². The van der Waals surface area contributed by atoms with Crippen molar-refractivity contribution in [1.82, 2.24) is 5.32 Å². The van der Waals surface area contributed by atoms with Gasteiger partial charge in [0.1, 0.15) is 0 Å². The molecule has 0 aromatic heterocycles. The smallest absolute Gasteiger partial charge is 0.00966 e. The second kappa shape index (κ2) is 5.34. The first-order valence-electron chi connectivity index (χ1n) is 6.73. The molecule has 2 unspecified atom stereocenters. The van der Waals surface area contributed by atoms with Gasteiger partial charge in [-0.05, 0) is 57.9 Å². The summed E-state index contributed by atoms with van der Waals surface area (Å²) < 4.78 is 0. The fraction of sp³-hybridized carbons (Fsp3) is 1.00. The maximum Gasteiger partial charge on any atom is 0.00966 e. The van der Waals surface area contributed by atoms with E-state index in [4.69, 9.17) is 0 Å². The highest BCUT2D eigenvalue weighted by Crippen LogP contribution is 2.42. The topological polar surface area (TPSA) is 12.0 Å². The Labute approximate surface area is 96.0 Å². The van der Waals surface area contributed by atoms with E-state index < -0.39 is 0 Å².